The first-order valence-corrected chi connectivity index (χ1v) is 8.86. The highest BCUT2D eigenvalue weighted by molar-refractivity contribution is 5.77. The summed E-state index contributed by atoms with van der Waals surface area (Å²) in [6.07, 6.45) is 12.4. The molecule has 3 rings (SSSR count). The Hall–Kier alpha value is -0.610. The molecule has 2 bridgehead atoms. The highest BCUT2D eigenvalue weighted by Crippen LogP contribution is 2.33. The lowest BCUT2D eigenvalue weighted by Crippen LogP contribution is -2.56. The Kier molecular flexibility index (Phi) is 4.55. The number of amides is 1. The monoisotopic (exact) mass is 293 g/mol. The van der Waals surface area contributed by atoms with Crippen LogP contribution in [-0.4, -0.2) is 41.5 Å². The van der Waals surface area contributed by atoms with Gasteiger partial charge in [-0.3, -0.25) is 4.79 Å². The van der Waals surface area contributed by atoms with Crippen LogP contribution in [0.5, 0.6) is 0 Å². The molecule has 120 valence electrons. The lowest BCUT2D eigenvalue weighted by Gasteiger charge is -2.47. The molecule has 2 unspecified atom stereocenters. The number of nitrogens with zero attached hydrogens (tertiary/aromatic N) is 1. The molecule has 3 aliphatic rings. The van der Waals surface area contributed by atoms with E-state index < -0.39 is 0 Å². The van der Waals surface area contributed by atoms with Crippen molar-refractivity contribution < 1.29 is 4.79 Å². The summed E-state index contributed by atoms with van der Waals surface area (Å²) in [5.74, 6) is 0.187. The predicted octanol–water partition coefficient (Wildman–Crippen LogP) is 2.17. The van der Waals surface area contributed by atoms with E-state index in [0.29, 0.717) is 24.5 Å². The molecule has 2 heterocycles. The first kappa shape index (κ1) is 15.3. The number of rotatable bonds is 3. The van der Waals surface area contributed by atoms with Crippen LogP contribution in [0.4, 0.5) is 0 Å². The molecule has 3 fully saturated rings. The fourth-order valence-corrected chi connectivity index (χ4v) is 4.76. The zero-order valence-corrected chi connectivity index (χ0v) is 13.4. The molecule has 0 spiro atoms. The first-order chi connectivity index (χ1) is 10.1. The van der Waals surface area contributed by atoms with Gasteiger partial charge < -0.3 is 16.0 Å². The molecule has 0 aromatic heterocycles. The van der Waals surface area contributed by atoms with Crippen LogP contribution in [0.1, 0.15) is 70.6 Å². The zero-order valence-electron chi connectivity index (χ0n) is 13.4. The molecule has 1 saturated carbocycles. The number of hydrogen-bond acceptors (Lipinski definition) is 3. The van der Waals surface area contributed by atoms with Crippen molar-refractivity contribution in [3.8, 4) is 0 Å². The summed E-state index contributed by atoms with van der Waals surface area (Å²) in [7, 11) is 2.25. The Morgan fingerprint density at radius 2 is 1.76 bits per heavy atom. The van der Waals surface area contributed by atoms with Gasteiger partial charge in [0.05, 0.1) is 0 Å². The summed E-state index contributed by atoms with van der Waals surface area (Å²) in [6, 6.07) is 1.71. The third kappa shape index (κ3) is 3.59. The second kappa shape index (κ2) is 6.25. The van der Waals surface area contributed by atoms with Crippen molar-refractivity contribution in [3.05, 3.63) is 0 Å². The van der Waals surface area contributed by atoms with Gasteiger partial charge in [0.1, 0.15) is 0 Å². The molecule has 21 heavy (non-hydrogen) atoms. The van der Waals surface area contributed by atoms with Gasteiger partial charge in [0.25, 0.3) is 0 Å². The van der Waals surface area contributed by atoms with Crippen LogP contribution >= 0.6 is 0 Å². The number of carbonyl (C=O) groups excluding carboxylic acids is 1. The summed E-state index contributed by atoms with van der Waals surface area (Å²) >= 11 is 0. The molecule has 0 aromatic carbocycles. The Morgan fingerprint density at radius 3 is 2.38 bits per heavy atom. The summed E-state index contributed by atoms with van der Waals surface area (Å²) < 4.78 is 0. The van der Waals surface area contributed by atoms with Crippen molar-refractivity contribution in [3.63, 3.8) is 0 Å². The van der Waals surface area contributed by atoms with Crippen LogP contribution < -0.4 is 11.1 Å². The Balaban J connectivity index is 1.51. The van der Waals surface area contributed by atoms with E-state index in [1.54, 1.807) is 0 Å². The quantitative estimate of drug-likeness (QED) is 0.838. The van der Waals surface area contributed by atoms with Gasteiger partial charge in [-0.2, -0.15) is 0 Å². The maximum atomic E-state index is 12.4. The smallest absolute Gasteiger partial charge is 0.222 e. The summed E-state index contributed by atoms with van der Waals surface area (Å²) in [4.78, 5) is 14.9. The minimum atomic E-state index is -0.232. The molecule has 4 heteroatoms. The summed E-state index contributed by atoms with van der Waals surface area (Å²) in [5, 5.41) is 3.29. The van der Waals surface area contributed by atoms with Crippen molar-refractivity contribution in [2.75, 3.05) is 7.05 Å². The first-order valence-electron chi connectivity index (χ1n) is 8.86. The fourth-order valence-electron chi connectivity index (χ4n) is 4.76. The van der Waals surface area contributed by atoms with Crippen LogP contribution in [-0.2, 0) is 4.79 Å². The number of piperidine rings is 2. The highest BCUT2D eigenvalue weighted by atomic mass is 16.1. The van der Waals surface area contributed by atoms with Crippen LogP contribution in [0.3, 0.4) is 0 Å². The Bertz CT molecular complexity index is 364. The number of fused-ring (bicyclic) bond motifs is 2. The zero-order chi connectivity index (χ0) is 14.9. The number of carbonyl (C=O) groups is 1. The van der Waals surface area contributed by atoms with E-state index in [1.807, 2.05) is 0 Å². The second-order valence-corrected chi connectivity index (χ2v) is 7.74. The average molecular weight is 293 g/mol. The minimum absolute atomic E-state index is 0.187. The molecular weight excluding hydrogens is 262 g/mol. The van der Waals surface area contributed by atoms with Gasteiger partial charge >= 0.3 is 0 Å². The van der Waals surface area contributed by atoms with Crippen LogP contribution in [0.25, 0.3) is 0 Å². The second-order valence-electron chi connectivity index (χ2n) is 7.74. The van der Waals surface area contributed by atoms with Gasteiger partial charge in [-0.25, -0.2) is 0 Å². The van der Waals surface area contributed by atoms with Crippen molar-refractivity contribution in [1.29, 1.82) is 0 Å². The van der Waals surface area contributed by atoms with E-state index >= 15 is 0 Å². The summed E-state index contributed by atoms with van der Waals surface area (Å²) in [5.41, 5.74) is 6.18. The number of hydrogen-bond donors (Lipinski definition) is 2. The molecule has 0 radical (unpaired) electrons. The van der Waals surface area contributed by atoms with Crippen molar-refractivity contribution in [1.82, 2.24) is 10.2 Å². The molecule has 2 saturated heterocycles. The lowest BCUT2D eigenvalue weighted by molar-refractivity contribution is -0.124. The van der Waals surface area contributed by atoms with Gasteiger partial charge in [-0.05, 0) is 45.6 Å². The SMILES string of the molecule is CN1C2CCCC1CC(NC(=O)CC1(N)CCCCC1)C2. The van der Waals surface area contributed by atoms with Crippen LogP contribution in [0, 0.1) is 0 Å². The van der Waals surface area contributed by atoms with Crippen LogP contribution in [0.15, 0.2) is 0 Å². The minimum Gasteiger partial charge on any atom is -0.353 e. The van der Waals surface area contributed by atoms with Gasteiger partial charge in [-0.15, -0.1) is 0 Å². The number of nitrogens with one attached hydrogen (secondary N) is 1. The van der Waals surface area contributed by atoms with Crippen molar-refractivity contribution in [2.24, 2.45) is 5.73 Å². The van der Waals surface area contributed by atoms with E-state index in [0.717, 1.165) is 25.7 Å². The molecule has 4 nitrogen and oxygen atoms in total. The third-order valence-electron chi connectivity index (χ3n) is 6.07. The molecule has 2 atom stereocenters. The fraction of sp³-hybridized carbons (Fsp3) is 0.941. The number of nitrogens with two attached hydrogens (primary N) is 1. The standard InChI is InChI=1S/C17H31N3O/c1-20-14-6-5-7-15(20)11-13(10-14)19-16(21)12-17(18)8-3-2-4-9-17/h13-15H,2-12,18H2,1H3,(H,19,21). The van der Waals surface area contributed by atoms with E-state index in [2.05, 4.69) is 17.3 Å². The van der Waals surface area contributed by atoms with Crippen molar-refractivity contribution >= 4 is 5.91 Å². The summed E-state index contributed by atoms with van der Waals surface area (Å²) in [6.45, 7) is 0. The van der Waals surface area contributed by atoms with Gasteiger partial charge in [0, 0.05) is 30.1 Å². The van der Waals surface area contributed by atoms with Gasteiger partial charge in [0.2, 0.25) is 5.91 Å². The Morgan fingerprint density at radius 1 is 1.14 bits per heavy atom. The van der Waals surface area contributed by atoms with E-state index in [9.17, 15) is 4.79 Å². The molecule has 3 N–H and O–H groups in total. The maximum Gasteiger partial charge on any atom is 0.222 e. The topological polar surface area (TPSA) is 58.4 Å². The molecule has 1 aliphatic carbocycles. The Labute approximate surface area is 128 Å². The third-order valence-corrected chi connectivity index (χ3v) is 6.07. The van der Waals surface area contributed by atoms with E-state index in [-0.39, 0.29) is 11.4 Å². The van der Waals surface area contributed by atoms with E-state index in [1.165, 1.54) is 38.5 Å². The molecule has 1 amide bonds. The normalized spacial score (nSPS) is 36.2. The lowest BCUT2D eigenvalue weighted by atomic mass is 9.79. The van der Waals surface area contributed by atoms with Gasteiger partial charge in [0.15, 0.2) is 0 Å². The average Bonchev–Trinajstić information content (AvgIpc) is 2.40. The van der Waals surface area contributed by atoms with Gasteiger partial charge in [-0.1, -0.05) is 25.7 Å². The highest BCUT2D eigenvalue weighted by Gasteiger charge is 2.37. The maximum absolute atomic E-state index is 12.4. The predicted molar refractivity (Wildman–Crippen MR) is 85.0 cm³/mol. The van der Waals surface area contributed by atoms with Crippen LogP contribution in [0.2, 0.25) is 0 Å². The van der Waals surface area contributed by atoms with Crippen molar-refractivity contribution in [2.45, 2.75) is 94.3 Å². The largest absolute Gasteiger partial charge is 0.353 e. The van der Waals surface area contributed by atoms with E-state index in [4.69, 9.17) is 5.73 Å². The molecular formula is C17H31N3O. The molecule has 2 aliphatic heterocycles. The molecule has 0 aromatic rings.